The third-order valence-electron chi connectivity index (χ3n) is 4.09. The molecule has 2 amide bonds. The molecule has 1 aromatic carbocycles. The highest BCUT2D eigenvalue weighted by atomic mass is 16.5. The Morgan fingerprint density at radius 2 is 1.77 bits per heavy atom. The molecule has 0 aromatic heterocycles. The van der Waals surface area contributed by atoms with Crippen LogP contribution in [0.4, 0.5) is 4.79 Å². The molecule has 0 aliphatic carbocycles. The Labute approximate surface area is 176 Å². The Morgan fingerprint density at radius 3 is 2.33 bits per heavy atom. The minimum Gasteiger partial charge on any atom is -0.480 e. The van der Waals surface area contributed by atoms with Crippen LogP contribution < -0.4 is 22.1 Å². The molecular formula is C20H31N5O5. The van der Waals surface area contributed by atoms with Crippen molar-refractivity contribution in [2.24, 2.45) is 22.4 Å². The molecule has 10 nitrogen and oxygen atoms in total. The third-order valence-corrected chi connectivity index (χ3v) is 4.09. The first kappa shape index (κ1) is 24.7. The molecule has 1 aromatic rings. The van der Waals surface area contributed by atoms with Crippen molar-refractivity contribution >= 4 is 23.9 Å². The fraction of sp³-hybridized carbons (Fsp3) is 0.500. The van der Waals surface area contributed by atoms with Crippen LogP contribution in [0.5, 0.6) is 0 Å². The molecule has 1 rings (SSSR count). The first-order valence-corrected chi connectivity index (χ1v) is 9.74. The fourth-order valence-electron chi connectivity index (χ4n) is 2.64. The summed E-state index contributed by atoms with van der Waals surface area (Å²) in [5.74, 6) is -1.76. The average Bonchev–Trinajstić information content (AvgIpc) is 2.68. The lowest BCUT2D eigenvalue weighted by Crippen LogP contribution is -2.52. The zero-order valence-corrected chi connectivity index (χ0v) is 17.3. The summed E-state index contributed by atoms with van der Waals surface area (Å²) in [5.41, 5.74) is 11.3. The standard InChI is InChI=1S/C20H31N5O5/c1-13(2)11-16(25-20(29)30-12-14-7-4-3-5-8-14)17(26)24-15(18(27)28)9-6-10-23-19(21)22/h3-5,7-8,13,15-16H,6,9-12H2,1-2H3,(H,24,26)(H,25,29)(H,27,28)(H4,21,22,23). The summed E-state index contributed by atoms with van der Waals surface area (Å²) in [6, 6.07) is 7.08. The highest BCUT2D eigenvalue weighted by Crippen LogP contribution is 2.08. The average molecular weight is 421 g/mol. The van der Waals surface area contributed by atoms with Gasteiger partial charge in [0.25, 0.3) is 0 Å². The summed E-state index contributed by atoms with van der Waals surface area (Å²) in [4.78, 5) is 40.0. The van der Waals surface area contributed by atoms with Gasteiger partial charge in [-0.3, -0.25) is 9.79 Å². The molecule has 30 heavy (non-hydrogen) atoms. The molecule has 0 aliphatic heterocycles. The SMILES string of the molecule is CC(C)CC(NC(=O)OCc1ccccc1)C(=O)NC(CCCN=C(N)N)C(=O)O. The van der Waals surface area contributed by atoms with E-state index in [-0.39, 0.29) is 31.4 Å². The van der Waals surface area contributed by atoms with E-state index in [1.165, 1.54) is 0 Å². The zero-order valence-electron chi connectivity index (χ0n) is 17.3. The molecule has 0 saturated carbocycles. The van der Waals surface area contributed by atoms with E-state index >= 15 is 0 Å². The van der Waals surface area contributed by atoms with Crippen molar-refractivity contribution in [3.63, 3.8) is 0 Å². The van der Waals surface area contributed by atoms with Crippen molar-refractivity contribution in [3.05, 3.63) is 35.9 Å². The van der Waals surface area contributed by atoms with Gasteiger partial charge in [0.05, 0.1) is 0 Å². The van der Waals surface area contributed by atoms with Crippen molar-refractivity contribution < 1.29 is 24.2 Å². The van der Waals surface area contributed by atoms with Gasteiger partial charge in [0.1, 0.15) is 18.7 Å². The molecule has 166 valence electrons. The minimum atomic E-state index is -1.18. The van der Waals surface area contributed by atoms with E-state index in [1.54, 1.807) is 0 Å². The number of amides is 2. The smallest absolute Gasteiger partial charge is 0.408 e. The fourth-order valence-corrected chi connectivity index (χ4v) is 2.64. The van der Waals surface area contributed by atoms with E-state index in [0.29, 0.717) is 12.8 Å². The topological polar surface area (TPSA) is 169 Å². The maximum absolute atomic E-state index is 12.6. The van der Waals surface area contributed by atoms with Gasteiger partial charge in [-0.1, -0.05) is 44.2 Å². The summed E-state index contributed by atoms with van der Waals surface area (Å²) in [7, 11) is 0. The van der Waals surface area contributed by atoms with Gasteiger partial charge >= 0.3 is 12.1 Å². The second kappa shape index (κ2) is 13.0. The third kappa shape index (κ3) is 10.3. The van der Waals surface area contributed by atoms with Crippen molar-refractivity contribution in [2.45, 2.75) is 51.8 Å². The number of aliphatic carboxylic acids is 1. The van der Waals surface area contributed by atoms with Crippen LogP contribution >= 0.6 is 0 Å². The molecule has 2 unspecified atom stereocenters. The van der Waals surface area contributed by atoms with Gasteiger partial charge in [-0.25, -0.2) is 9.59 Å². The number of carboxylic acids is 1. The zero-order chi connectivity index (χ0) is 22.5. The first-order chi connectivity index (χ1) is 14.2. The van der Waals surface area contributed by atoms with E-state index in [4.69, 9.17) is 16.2 Å². The Balaban J connectivity index is 2.65. The predicted octanol–water partition coefficient (Wildman–Crippen LogP) is 0.951. The number of nitrogens with one attached hydrogen (secondary N) is 2. The number of alkyl carbamates (subject to hydrolysis) is 1. The number of hydrogen-bond acceptors (Lipinski definition) is 5. The Kier molecular flexibility index (Phi) is 10.7. The molecule has 0 radical (unpaired) electrons. The predicted molar refractivity (Wildman–Crippen MR) is 112 cm³/mol. The molecule has 0 fully saturated rings. The molecule has 0 saturated heterocycles. The number of hydrogen-bond donors (Lipinski definition) is 5. The number of nitrogens with two attached hydrogens (primary N) is 2. The second-order valence-corrected chi connectivity index (χ2v) is 7.24. The van der Waals surface area contributed by atoms with Crippen LogP contribution in [0.1, 0.15) is 38.7 Å². The molecule has 0 spiro atoms. The van der Waals surface area contributed by atoms with E-state index in [0.717, 1.165) is 5.56 Å². The summed E-state index contributed by atoms with van der Waals surface area (Å²) < 4.78 is 5.16. The summed E-state index contributed by atoms with van der Waals surface area (Å²) in [5, 5.41) is 14.4. The van der Waals surface area contributed by atoms with Crippen molar-refractivity contribution in [2.75, 3.05) is 6.54 Å². The minimum absolute atomic E-state index is 0.0607. The van der Waals surface area contributed by atoms with Gasteiger partial charge in [0.15, 0.2) is 5.96 Å². The van der Waals surface area contributed by atoms with Crippen LogP contribution in [0.15, 0.2) is 35.3 Å². The lowest BCUT2D eigenvalue weighted by molar-refractivity contribution is -0.142. The van der Waals surface area contributed by atoms with Crippen molar-refractivity contribution in [1.82, 2.24) is 10.6 Å². The maximum atomic E-state index is 12.6. The maximum Gasteiger partial charge on any atom is 0.408 e. The largest absolute Gasteiger partial charge is 0.480 e. The first-order valence-electron chi connectivity index (χ1n) is 9.74. The van der Waals surface area contributed by atoms with Gasteiger partial charge in [0.2, 0.25) is 5.91 Å². The molecule has 0 bridgehead atoms. The van der Waals surface area contributed by atoms with Crippen LogP contribution in [0.25, 0.3) is 0 Å². The van der Waals surface area contributed by atoms with Gasteiger partial charge < -0.3 is 31.9 Å². The van der Waals surface area contributed by atoms with Crippen molar-refractivity contribution in [1.29, 1.82) is 0 Å². The van der Waals surface area contributed by atoms with Gasteiger partial charge in [0, 0.05) is 6.54 Å². The van der Waals surface area contributed by atoms with E-state index in [1.807, 2.05) is 44.2 Å². The number of nitrogens with zero attached hydrogens (tertiary/aromatic N) is 1. The van der Waals surface area contributed by atoms with Crippen LogP contribution in [-0.4, -0.2) is 47.7 Å². The highest BCUT2D eigenvalue weighted by molar-refractivity contribution is 5.89. The monoisotopic (exact) mass is 421 g/mol. The number of carbonyl (C=O) groups excluding carboxylic acids is 2. The lowest BCUT2D eigenvalue weighted by Gasteiger charge is -2.22. The van der Waals surface area contributed by atoms with Crippen LogP contribution in [0.3, 0.4) is 0 Å². The molecule has 2 atom stereocenters. The summed E-state index contributed by atoms with van der Waals surface area (Å²) in [6.45, 7) is 4.09. The van der Waals surface area contributed by atoms with Gasteiger partial charge in [-0.2, -0.15) is 0 Å². The Hall–Kier alpha value is -3.30. The number of aliphatic imine (C=N–C) groups is 1. The number of guanidine groups is 1. The lowest BCUT2D eigenvalue weighted by atomic mass is 10.0. The summed E-state index contributed by atoms with van der Waals surface area (Å²) in [6.07, 6.45) is 0.0905. The molecule has 0 aliphatic rings. The number of ether oxygens (including phenoxy) is 1. The van der Waals surface area contributed by atoms with Crippen LogP contribution in [-0.2, 0) is 20.9 Å². The van der Waals surface area contributed by atoms with E-state index in [2.05, 4.69) is 15.6 Å². The van der Waals surface area contributed by atoms with Gasteiger partial charge in [-0.15, -0.1) is 0 Å². The van der Waals surface area contributed by atoms with Crippen LogP contribution in [0, 0.1) is 5.92 Å². The van der Waals surface area contributed by atoms with E-state index in [9.17, 15) is 19.5 Å². The molecule has 0 heterocycles. The van der Waals surface area contributed by atoms with Crippen molar-refractivity contribution in [3.8, 4) is 0 Å². The Bertz CT molecular complexity index is 720. The van der Waals surface area contributed by atoms with Crippen LogP contribution in [0.2, 0.25) is 0 Å². The number of carboxylic acid groups (broad SMARTS) is 1. The molecular weight excluding hydrogens is 390 g/mol. The molecule has 7 N–H and O–H groups in total. The quantitative estimate of drug-likeness (QED) is 0.190. The normalized spacial score (nSPS) is 12.5. The van der Waals surface area contributed by atoms with E-state index < -0.39 is 30.1 Å². The van der Waals surface area contributed by atoms with Gasteiger partial charge in [-0.05, 0) is 30.7 Å². The number of carbonyl (C=O) groups is 3. The number of benzene rings is 1. The summed E-state index contributed by atoms with van der Waals surface area (Å²) >= 11 is 0. The highest BCUT2D eigenvalue weighted by Gasteiger charge is 2.27. The molecule has 10 heteroatoms. The Morgan fingerprint density at radius 1 is 1.10 bits per heavy atom. The second-order valence-electron chi connectivity index (χ2n) is 7.24. The number of rotatable bonds is 12.